The molecular weight excluding hydrogens is 1750 g/mol. The molecule has 24 aromatic carbocycles. The summed E-state index contributed by atoms with van der Waals surface area (Å²) < 4.78 is 26.4. The molecule has 144 heavy (non-hydrogen) atoms. The summed E-state index contributed by atoms with van der Waals surface area (Å²) in [6.45, 7) is 13.5. The van der Waals surface area contributed by atoms with Gasteiger partial charge in [0.15, 0.2) is 0 Å². The molecular formula is C136H96N4O4. The van der Waals surface area contributed by atoms with Crippen LogP contribution < -0.4 is 19.6 Å². The third-order valence-electron chi connectivity index (χ3n) is 30.0. The summed E-state index contributed by atoms with van der Waals surface area (Å²) in [6.07, 6.45) is 1.76. The summed E-state index contributed by atoms with van der Waals surface area (Å²) >= 11 is 0. The molecule has 28 aromatic rings. The van der Waals surface area contributed by atoms with Crippen LogP contribution in [0.4, 0.5) is 68.2 Å². The van der Waals surface area contributed by atoms with Gasteiger partial charge in [0, 0.05) is 121 Å². The first-order valence-corrected chi connectivity index (χ1v) is 49.9. The molecule has 0 radical (unpaired) electrons. The van der Waals surface area contributed by atoms with Crippen molar-refractivity contribution in [2.24, 2.45) is 0 Å². The molecule has 0 fully saturated rings. The molecule has 0 saturated carbocycles. The van der Waals surface area contributed by atoms with Gasteiger partial charge in [-0.05, 0) is 261 Å². The fourth-order valence-electron chi connectivity index (χ4n) is 23.5. The van der Waals surface area contributed by atoms with Crippen LogP contribution in [0.5, 0.6) is 0 Å². The molecule has 0 aliphatic carbocycles. The van der Waals surface area contributed by atoms with Crippen LogP contribution in [0, 0.1) is 27.7 Å². The molecule has 0 saturated heterocycles. The zero-order valence-electron chi connectivity index (χ0n) is 80.6. The first-order valence-electron chi connectivity index (χ1n) is 49.9. The highest BCUT2D eigenvalue weighted by atomic mass is 16.3. The molecule has 0 atom stereocenters. The van der Waals surface area contributed by atoms with Gasteiger partial charge in [0.25, 0.3) is 0 Å². The summed E-state index contributed by atoms with van der Waals surface area (Å²) in [5.41, 5.74) is 36.7. The van der Waals surface area contributed by atoms with E-state index in [1.807, 2.05) is 24.3 Å². The minimum atomic E-state index is 0.881. The SMILES string of the molecule is CCc1cc(N(c2ccccc2)c2cccc(-c3cccc4c3oc3ccccc34)c2)c2ccc3c(CC)cc(N(c4ccccc4)c4cccc(-c5cccc6c5oc5ccccc56)c4)c4ccc1c2c34.Cc1cccc(C)c1N(c1cccc(-c2cccc3c2oc2ccccc23)c1)c1ccc2ccc3c(N(c4cccc(-c5cccc6c5oc5ccccc56)c4)c4c(C)cccc4C)ccc4ccc1c2c43. The highest BCUT2D eigenvalue weighted by Gasteiger charge is 2.31. The smallest absolute Gasteiger partial charge is 0.143 e. The Balaban J connectivity index is 0.000000143. The van der Waals surface area contributed by atoms with Crippen molar-refractivity contribution in [1.82, 2.24) is 0 Å². The van der Waals surface area contributed by atoms with Crippen molar-refractivity contribution in [3.63, 3.8) is 0 Å². The van der Waals surface area contributed by atoms with Gasteiger partial charge in [-0.25, -0.2) is 0 Å². The Kier molecular flexibility index (Phi) is 20.3. The molecule has 4 heterocycles. The van der Waals surface area contributed by atoms with Crippen LogP contribution in [0.3, 0.4) is 0 Å². The monoisotopic (exact) mass is 1850 g/mol. The van der Waals surface area contributed by atoms with Crippen LogP contribution in [-0.2, 0) is 12.8 Å². The Morgan fingerprint density at radius 2 is 0.431 bits per heavy atom. The fraction of sp³-hybridized carbons (Fsp3) is 0.0588. The van der Waals surface area contributed by atoms with Crippen molar-refractivity contribution < 1.29 is 17.7 Å². The fourth-order valence-corrected chi connectivity index (χ4v) is 23.5. The molecule has 8 nitrogen and oxygen atoms in total. The van der Waals surface area contributed by atoms with Gasteiger partial charge in [0.1, 0.15) is 44.7 Å². The zero-order chi connectivity index (χ0) is 96.1. The van der Waals surface area contributed by atoms with Crippen LogP contribution in [0.15, 0.2) is 467 Å². The van der Waals surface area contributed by atoms with Gasteiger partial charge in [-0.15, -0.1) is 0 Å². The van der Waals surface area contributed by atoms with E-state index in [0.29, 0.717) is 0 Å². The minimum absolute atomic E-state index is 0.881. The number of benzene rings is 24. The summed E-state index contributed by atoms with van der Waals surface area (Å²) in [4.78, 5) is 9.88. The molecule has 0 bridgehead atoms. The van der Waals surface area contributed by atoms with E-state index in [-0.39, 0.29) is 0 Å². The van der Waals surface area contributed by atoms with Crippen LogP contribution in [0.25, 0.3) is 197 Å². The van der Waals surface area contributed by atoms with E-state index in [2.05, 4.69) is 486 Å². The molecule has 0 unspecified atom stereocenters. The van der Waals surface area contributed by atoms with E-state index in [1.54, 1.807) is 0 Å². The standard InChI is InChI=1S/2C68H48N2O2/c1-41-15-9-16-42(2)65(41)69(49-21-11-19-47(39-49)51-25-13-27-55-53-23-5-7-29-61(53)71-67(51)55)59-37-33-45-32-36-58-60(38-34-46-31-35-57(59)63(45)64(46)58)70(66-43(3)17-10-18-44(66)4)50-22-12-20-48(40-50)52-26-14-28-56-54-24-6-8-30-62(54)72-68(52)56;1-3-43-41-61(69(47-21-7-5-8-22-47)49-25-15-19-45(39-49)53-29-17-31-57-55-27-11-13-33-63(55)71-67(53)57)59-38-36-52-44(4-2)42-62(60-37-35-51(43)65(59)66(52)60)70(48-23-9-6-10-24-48)50-26-16-20-46(40-50)54-30-18-32-58-56-28-12-14-34-64(56)72-68(54)58/h5-40H,1-4H3;5-42H,3-4H2,1-2H3. The van der Waals surface area contributed by atoms with E-state index in [1.165, 1.54) is 109 Å². The van der Waals surface area contributed by atoms with Crippen LogP contribution in [0.1, 0.15) is 47.2 Å². The summed E-state index contributed by atoms with van der Waals surface area (Å²) in [5.74, 6) is 0. The van der Waals surface area contributed by atoms with Crippen molar-refractivity contribution in [2.75, 3.05) is 19.6 Å². The molecule has 0 N–H and O–H groups in total. The van der Waals surface area contributed by atoms with Crippen molar-refractivity contribution in [2.45, 2.75) is 54.4 Å². The van der Waals surface area contributed by atoms with Gasteiger partial charge in [0.2, 0.25) is 0 Å². The number of para-hydroxylation sites is 12. The number of fused-ring (bicyclic) bond motifs is 12. The van der Waals surface area contributed by atoms with Crippen LogP contribution in [0.2, 0.25) is 0 Å². The lowest BCUT2D eigenvalue weighted by Gasteiger charge is -2.32. The van der Waals surface area contributed by atoms with Gasteiger partial charge in [-0.3, -0.25) is 0 Å². The van der Waals surface area contributed by atoms with Crippen LogP contribution in [-0.4, -0.2) is 0 Å². The number of hydrogen-bond donors (Lipinski definition) is 0. The lowest BCUT2D eigenvalue weighted by molar-refractivity contribution is 0.669. The average Bonchev–Trinajstić information content (AvgIpc) is 0.795. The predicted molar refractivity (Wildman–Crippen MR) is 608 cm³/mol. The Hall–Kier alpha value is -18.2. The van der Waals surface area contributed by atoms with E-state index >= 15 is 0 Å². The second-order valence-corrected chi connectivity index (χ2v) is 38.3. The third-order valence-corrected chi connectivity index (χ3v) is 30.0. The van der Waals surface area contributed by atoms with Gasteiger partial charge in [-0.1, -0.05) is 341 Å². The number of rotatable bonds is 18. The van der Waals surface area contributed by atoms with E-state index in [4.69, 9.17) is 17.7 Å². The quantitative estimate of drug-likeness (QED) is 0.0788. The summed E-state index contributed by atoms with van der Waals surface area (Å²) in [6, 6.07) is 163. The normalized spacial score (nSPS) is 11.9. The topological polar surface area (TPSA) is 65.5 Å². The van der Waals surface area contributed by atoms with Crippen molar-refractivity contribution >= 4 is 221 Å². The summed E-state index contributed by atoms with van der Waals surface area (Å²) in [5, 5.41) is 23.9. The van der Waals surface area contributed by atoms with Gasteiger partial charge >= 0.3 is 0 Å². The molecule has 0 amide bonds. The molecule has 0 aliphatic heterocycles. The first kappa shape index (κ1) is 85.0. The Morgan fingerprint density at radius 3 is 0.750 bits per heavy atom. The number of anilines is 12. The second kappa shape index (κ2) is 34.4. The first-order chi connectivity index (χ1) is 71.0. The van der Waals surface area contributed by atoms with E-state index in [0.717, 1.165) is 202 Å². The van der Waals surface area contributed by atoms with E-state index < -0.39 is 0 Å². The molecule has 0 spiro atoms. The van der Waals surface area contributed by atoms with Gasteiger partial charge in [0.05, 0.1) is 34.1 Å². The van der Waals surface area contributed by atoms with E-state index in [9.17, 15) is 0 Å². The molecule has 28 rings (SSSR count). The average molecular weight is 1850 g/mol. The highest BCUT2D eigenvalue weighted by Crippen LogP contribution is 2.56. The van der Waals surface area contributed by atoms with Crippen molar-refractivity contribution in [3.8, 4) is 44.5 Å². The maximum atomic E-state index is 6.60. The number of nitrogens with zero attached hydrogens (tertiary/aromatic N) is 4. The number of aryl methyl sites for hydroxylation is 6. The Bertz CT molecular complexity index is 9380. The lowest BCUT2D eigenvalue weighted by Crippen LogP contribution is -2.14. The molecule has 4 aromatic heterocycles. The Labute approximate surface area is 833 Å². The number of furan rings is 4. The highest BCUT2D eigenvalue weighted by molar-refractivity contribution is 6.31. The molecule has 684 valence electrons. The largest absolute Gasteiger partial charge is 0.455 e. The maximum absolute atomic E-state index is 6.60. The van der Waals surface area contributed by atoms with Crippen LogP contribution >= 0.6 is 0 Å². The lowest BCUT2D eigenvalue weighted by atomic mass is 9.86. The van der Waals surface area contributed by atoms with Gasteiger partial charge in [-0.2, -0.15) is 0 Å². The predicted octanol–water partition coefficient (Wildman–Crippen LogP) is 39.7. The maximum Gasteiger partial charge on any atom is 0.143 e. The second-order valence-electron chi connectivity index (χ2n) is 38.3. The van der Waals surface area contributed by atoms with Gasteiger partial charge < -0.3 is 37.3 Å². The minimum Gasteiger partial charge on any atom is -0.455 e. The van der Waals surface area contributed by atoms with Crippen molar-refractivity contribution in [1.29, 1.82) is 0 Å². The Morgan fingerprint density at radius 1 is 0.181 bits per heavy atom. The third kappa shape index (κ3) is 13.8. The zero-order valence-corrected chi connectivity index (χ0v) is 80.6. The van der Waals surface area contributed by atoms with Crippen molar-refractivity contribution in [3.05, 3.63) is 482 Å². The number of hydrogen-bond acceptors (Lipinski definition) is 8. The molecule has 8 heteroatoms. The molecule has 0 aliphatic rings. The summed E-state index contributed by atoms with van der Waals surface area (Å²) in [7, 11) is 0.